The summed E-state index contributed by atoms with van der Waals surface area (Å²) in [5.74, 6) is 1.02. The molecule has 0 fully saturated rings. The average molecular weight is 336 g/mol. The SMILES string of the molecule is CCNC(c1ccc2c(c1)CC(C)O2)c1ccoc1Br. The van der Waals surface area contributed by atoms with Gasteiger partial charge in [-0.2, -0.15) is 0 Å². The van der Waals surface area contributed by atoms with Gasteiger partial charge in [0.25, 0.3) is 0 Å². The number of furan rings is 1. The van der Waals surface area contributed by atoms with Gasteiger partial charge in [-0.1, -0.05) is 19.1 Å². The summed E-state index contributed by atoms with van der Waals surface area (Å²) in [6.45, 7) is 5.11. The van der Waals surface area contributed by atoms with Crippen molar-refractivity contribution in [1.29, 1.82) is 0 Å². The van der Waals surface area contributed by atoms with Crippen LogP contribution in [0.5, 0.6) is 5.75 Å². The summed E-state index contributed by atoms with van der Waals surface area (Å²) in [5, 5.41) is 3.51. The van der Waals surface area contributed by atoms with E-state index in [4.69, 9.17) is 9.15 Å². The Morgan fingerprint density at radius 2 is 2.25 bits per heavy atom. The number of ether oxygens (including phenoxy) is 1. The predicted molar refractivity (Wildman–Crippen MR) is 82.2 cm³/mol. The van der Waals surface area contributed by atoms with Gasteiger partial charge in [0.15, 0.2) is 4.67 Å². The van der Waals surface area contributed by atoms with E-state index in [1.807, 2.05) is 6.07 Å². The standard InChI is InChI=1S/C16H18BrNO2/c1-3-18-15(13-6-7-19-16(13)17)11-4-5-14-12(9-11)8-10(2)20-14/h4-7,9-10,15,18H,3,8H2,1-2H3. The lowest BCUT2D eigenvalue weighted by Gasteiger charge is -2.18. The molecule has 106 valence electrons. The van der Waals surface area contributed by atoms with E-state index in [9.17, 15) is 0 Å². The summed E-state index contributed by atoms with van der Waals surface area (Å²) in [5.41, 5.74) is 3.65. The Morgan fingerprint density at radius 3 is 2.95 bits per heavy atom. The number of benzene rings is 1. The van der Waals surface area contributed by atoms with Crippen LogP contribution in [0.25, 0.3) is 0 Å². The van der Waals surface area contributed by atoms with Gasteiger partial charge < -0.3 is 14.5 Å². The first-order chi connectivity index (χ1) is 9.69. The van der Waals surface area contributed by atoms with Crippen LogP contribution in [0.3, 0.4) is 0 Å². The maximum absolute atomic E-state index is 5.77. The van der Waals surface area contributed by atoms with Crippen LogP contribution in [-0.2, 0) is 6.42 Å². The molecule has 1 N–H and O–H groups in total. The molecule has 2 aromatic rings. The molecular weight excluding hydrogens is 318 g/mol. The molecular formula is C16H18BrNO2. The smallest absolute Gasteiger partial charge is 0.174 e. The molecule has 3 nitrogen and oxygen atoms in total. The molecule has 0 amide bonds. The van der Waals surface area contributed by atoms with E-state index < -0.39 is 0 Å². The molecule has 1 aromatic heterocycles. The van der Waals surface area contributed by atoms with Gasteiger partial charge >= 0.3 is 0 Å². The van der Waals surface area contributed by atoms with Crippen LogP contribution >= 0.6 is 15.9 Å². The van der Waals surface area contributed by atoms with Crippen LogP contribution in [0, 0.1) is 0 Å². The molecule has 0 bridgehead atoms. The van der Waals surface area contributed by atoms with Gasteiger partial charge in [0, 0.05) is 12.0 Å². The highest BCUT2D eigenvalue weighted by molar-refractivity contribution is 9.10. The Bertz CT molecular complexity index is 608. The number of nitrogens with one attached hydrogen (secondary N) is 1. The molecule has 4 heteroatoms. The number of hydrogen-bond acceptors (Lipinski definition) is 3. The second-order valence-corrected chi connectivity index (χ2v) is 5.86. The van der Waals surface area contributed by atoms with Crippen molar-refractivity contribution in [3.63, 3.8) is 0 Å². The minimum absolute atomic E-state index is 0.134. The van der Waals surface area contributed by atoms with Gasteiger partial charge in [-0.15, -0.1) is 0 Å². The summed E-state index contributed by atoms with van der Waals surface area (Å²) < 4.78 is 11.9. The van der Waals surface area contributed by atoms with Gasteiger partial charge in [0.1, 0.15) is 11.9 Å². The summed E-state index contributed by atoms with van der Waals surface area (Å²) in [7, 11) is 0. The molecule has 2 unspecified atom stereocenters. The van der Waals surface area contributed by atoms with E-state index >= 15 is 0 Å². The van der Waals surface area contributed by atoms with E-state index in [1.165, 1.54) is 11.1 Å². The summed E-state index contributed by atoms with van der Waals surface area (Å²) >= 11 is 3.47. The molecule has 20 heavy (non-hydrogen) atoms. The van der Waals surface area contributed by atoms with Crippen molar-refractivity contribution in [2.75, 3.05) is 6.54 Å². The van der Waals surface area contributed by atoms with E-state index in [-0.39, 0.29) is 12.1 Å². The summed E-state index contributed by atoms with van der Waals surface area (Å²) in [4.78, 5) is 0. The molecule has 0 saturated carbocycles. The Morgan fingerprint density at radius 1 is 1.40 bits per heavy atom. The largest absolute Gasteiger partial charge is 0.490 e. The maximum Gasteiger partial charge on any atom is 0.174 e. The molecule has 1 aromatic carbocycles. The topological polar surface area (TPSA) is 34.4 Å². The Balaban J connectivity index is 1.97. The normalized spacial score (nSPS) is 18.6. The van der Waals surface area contributed by atoms with Crippen LogP contribution in [-0.4, -0.2) is 12.6 Å². The lowest BCUT2D eigenvalue weighted by Crippen LogP contribution is -2.21. The van der Waals surface area contributed by atoms with Gasteiger partial charge in [-0.05, 0) is 52.7 Å². The third kappa shape index (κ3) is 2.50. The first-order valence-electron chi connectivity index (χ1n) is 6.94. The van der Waals surface area contributed by atoms with Crippen LogP contribution in [0.2, 0.25) is 0 Å². The van der Waals surface area contributed by atoms with E-state index in [2.05, 4.69) is 53.3 Å². The molecule has 0 radical (unpaired) electrons. The highest BCUT2D eigenvalue weighted by atomic mass is 79.9. The molecule has 3 rings (SSSR count). The zero-order valence-electron chi connectivity index (χ0n) is 11.7. The minimum Gasteiger partial charge on any atom is -0.490 e. The van der Waals surface area contributed by atoms with Crippen molar-refractivity contribution in [1.82, 2.24) is 5.32 Å². The van der Waals surface area contributed by atoms with Crippen molar-refractivity contribution in [3.8, 4) is 5.75 Å². The molecule has 2 heterocycles. The first-order valence-corrected chi connectivity index (χ1v) is 7.74. The molecule has 0 saturated heterocycles. The van der Waals surface area contributed by atoms with Crippen LogP contribution in [0.1, 0.15) is 36.6 Å². The fraction of sp³-hybridized carbons (Fsp3) is 0.375. The average Bonchev–Trinajstić information content (AvgIpc) is 3.00. The number of hydrogen-bond donors (Lipinski definition) is 1. The van der Waals surface area contributed by atoms with E-state index in [0.29, 0.717) is 0 Å². The fourth-order valence-electron chi connectivity index (χ4n) is 2.74. The third-order valence-corrected chi connectivity index (χ3v) is 4.26. The highest BCUT2D eigenvalue weighted by Gasteiger charge is 2.23. The second-order valence-electron chi connectivity index (χ2n) is 5.14. The van der Waals surface area contributed by atoms with Crippen LogP contribution < -0.4 is 10.1 Å². The Labute approximate surface area is 127 Å². The molecule has 1 aliphatic heterocycles. The molecule has 0 spiro atoms. The maximum atomic E-state index is 5.77. The fourth-order valence-corrected chi connectivity index (χ4v) is 3.21. The lowest BCUT2D eigenvalue weighted by molar-refractivity contribution is 0.254. The predicted octanol–water partition coefficient (Wildman–Crippen LogP) is 4.06. The Kier molecular flexibility index (Phi) is 3.85. The van der Waals surface area contributed by atoms with Crippen molar-refractivity contribution < 1.29 is 9.15 Å². The van der Waals surface area contributed by atoms with Crippen LogP contribution in [0.4, 0.5) is 0 Å². The molecule has 2 atom stereocenters. The number of fused-ring (bicyclic) bond motifs is 1. The number of rotatable bonds is 4. The van der Waals surface area contributed by atoms with Gasteiger partial charge in [-0.3, -0.25) is 0 Å². The molecule has 0 aliphatic carbocycles. The zero-order chi connectivity index (χ0) is 14.1. The monoisotopic (exact) mass is 335 g/mol. The zero-order valence-corrected chi connectivity index (χ0v) is 13.2. The van der Waals surface area contributed by atoms with Crippen LogP contribution in [0.15, 0.2) is 39.6 Å². The van der Waals surface area contributed by atoms with Crippen molar-refractivity contribution in [2.45, 2.75) is 32.4 Å². The molecule has 1 aliphatic rings. The highest BCUT2D eigenvalue weighted by Crippen LogP contribution is 2.34. The van der Waals surface area contributed by atoms with Gasteiger partial charge in [0.05, 0.1) is 12.3 Å². The van der Waals surface area contributed by atoms with Crippen molar-refractivity contribution in [3.05, 3.63) is 51.9 Å². The lowest BCUT2D eigenvalue weighted by atomic mass is 9.98. The van der Waals surface area contributed by atoms with Gasteiger partial charge in [-0.25, -0.2) is 0 Å². The van der Waals surface area contributed by atoms with Crippen molar-refractivity contribution >= 4 is 15.9 Å². The quantitative estimate of drug-likeness (QED) is 0.914. The Hall–Kier alpha value is -1.26. The van der Waals surface area contributed by atoms with Gasteiger partial charge in [0.2, 0.25) is 0 Å². The first kappa shape index (κ1) is 13.7. The third-order valence-electron chi connectivity index (χ3n) is 3.62. The minimum atomic E-state index is 0.134. The summed E-state index contributed by atoms with van der Waals surface area (Å²) in [6.07, 6.45) is 2.97. The van der Waals surface area contributed by atoms with E-state index in [0.717, 1.165) is 28.9 Å². The summed E-state index contributed by atoms with van der Waals surface area (Å²) in [6, 6.07) is 8.58. The second kappa shape index (κ2) is 5.62. The number of halogens is 1. The van der Waals surface area contributed by atoms with E-state index in [1.54, 1.807) is 6.26 Å². The van der Waals surface area contributed by atoms with Crippen molar-refractivity contribution in [2.24, 2.45) is 0 Å².